The van der Waals surface area contributed by atoms with Gasteiger partial charge < -0.3 is 10.6 Å². The van der Waals surface area contributed by atoms with Crippen molar-refractivity contribution in [2.45, 2.75) is 19.8 Å². The Morgan fingerprint density at radius 3 is 2.52 bits per heavy atom. The molecule has 0 fully saturated rings. The van der Waals surface area contributed by atoms with Crippen LogP contribution in [0.15, 0.2) is 42.5 Å². The predicted molar refractivity (Wildman–Crippen MR) is 101 cm³/mol. The van der Waals surface area contributed by atoms with Gasteiger partial charge >= 0.3 is 6.03 Å². The average Bonchev–Trinajstić information content (AvgIpc) is 2.98. The number of amides is 2. The molecule has 25 heavy (non-hydrogen) atoms. The van der Waals surface area contributed by atoms with Gasteiger partial charge in [-0.1, -0.05) is 19.1 Å². The fraction of sp³-hybridized carbons (Fsp3) is 0.278. The van der Waals surface area contributed by atoms with Crippen LogP contribution < -0.4 is 14.9 Å². The van der Waals surface area contributed by atoms with E-state index in [1.54, 1.807) is 12.1 Å². The van der Waals surface area contributed by atoms with E-state index >= 15 is 0 Å². The maximum absolute atomic E-state index is 12.2. The normalized spacial score (nSPS) is 13.4. The Balaban J connectivity index is 1.70. The Bertz CT molecular complexity index is 910. The second-order valence-electron chi connectivity index (χ2n) is 6.06. The summed E-state index contributed by atoms with van der Waals surface area (Å²) in [5.74, 6) is 0. The van der Waals surface area contributed by atoms with Gasteiger partial charge in [-0.15, -0.1) is 0 Å². The molecule has 6 nitrogen and oxygen atoms in total. The number of urea groups is 1. The van der Waals surface area contributed by atoms with Crippen LogP contribution in [0.2, 0.25) is 0 Å². The number of hydrogen-bond acceptors (Lipinski definition) is 3. The first-order valence-electron chi connectivity index (χ1n) is 8.14. The quantitative estimate of drug-likeness (QED) is 0.880. The standard InChI is InChI=1S/C18H21N3O3S/c1-3-13-5-4-6-15(11-13)19-18(22)20-16-7-8-17-14(12-16)9-10-21(17)25(2,23)24/h4-8,11-12H,3,9-10H2,1-2H3,(H2,19,20,22). The highest BCUT2D eigenvalue weighted by molar-refractivity contribution is 7.92. The van der Waals surface area contributed by atoms with Crippen molar-refractivity contribution in [1.29, 1.82) is 0 Å². The molecule has 1 aliphatic rings. The second kappa shape index (κ2) is 6.76. The maximum Gasteiger partial charge on any atom is 0.323 e. The number of aryl methyl sites for hydroxylation is 1. The lowest BCUT2D eigenvalue weighted by atomic mass is 10.1. The molecule has 7 heteroatoms. The largest absolute Gasteiger partial charge is 0.323 e. The van der Waals surface area contributed by atoms with Crippen LogP contribution in [0.5, 0.6) is 0 Å². The third-order valence-corrected chi connectivity index (χ3v) is 5.36. The molecule has 0 aliphatic carbocycles. The topological polar surface area (TPSA) is 78.5 Å². The predicted octanol–water partition coefficient (Wildman–Crippen LogP) is 3.22. The first-order chi connectivity index (χ1) is 11.9. The van der Waals surface area contributed by atoms with Gasteiger partial charge in [0.25, 0.3) is 0 Å². The molecule has 1 aliphatic heterocycles. The molecule has 2 aromatic carbocycles. The molecule has 0 radical (unpaired) electrons. The van der Waals surface area contributed by atoms with E-state index in [-0.39, 0.29) is 6.03 Å². The summed E-state index contributed by atoms with van der Waals surface area (Å²) in [6, 6.07) is 12.6. The van der Waals surface area contributed by atoms with Crippen molar-refractivity contribution in [3.8, 4) is 0 Å². The van der Waals surface area contributed by atoms with Crippen LogP contribution >= 0.6 is 0 Å². The summed E-state index contributed by atoms with van der Waals surface area (Å²) in [6.07, 6.45) is 2.74. The Kier molecular flexibility index (Phi) is 4.67. The van der Waals surface area contributed by atoms with Gasteiger partial charge in [-0.05, 0) is 54.3 Å². The van der Waals surface area contributed by atoms with Gasteiger partial charge in [-0.2, -0.15) is 0 Å². The van der Waals surface area contributed by atoms with E-state index < -0.39 is 10.0 Å². The first kappa shape index (κ1) is 17.3. The summed E-state index contributed by atoms with van der Waals surface area (Å²) >= 11 is 0. The van der Waals surface area contributed by atoms with Gasteiger partial charge in [0.05, 0.1) is 11.9 Å². The number of fused-ring (bicyclic) bond motifs is 1. The molecular formula is C18H21N3O3S. The third-order valence-electron chi connectivity index (χ3n) is 4.18. The van der Waals surface area contributed by atoms with E-state index in [0.717, 1.165) is 23.2 Å². The Labute approximate surface area is 147 Å². The van der Waals surface area contributed by atoms with Crippen LogP contribution in [0.1, 0.15) is 18.1 Å². The molecule has 0 saturated heterocycles. The zero-order valence-electron chi connectivity index (χ0n) is 14.2. The van der Waals surface area contributed by atoms with Crippen molar-refractivity contribution in [2.24, 2.45) is 0 Å². The molecule has 1 heterocycles. The Hall–Kier alpha value is -2.54. The second-order valence-corrected chi connectivity index (χ2v) is 7.97. The molecule has 0 bridgehead atoms. The van der Waals surface area contributed by atoms with Gasteiger partial charge in [-0.25, -0.2) is 13.2 Å². The number of nitrogens with one attached hydrogen (secondary N) is 2. The fourth-order valence-corrected chi connectivity index (χ4v) is 3.91. The lowest BCUT2D eigenvalue weighted by molar-refractivity contribution is 0.262. The number of carbonyl (C=O) groups is 1. The minimum absolute atomic E-state index is 0.328. The highest BCUT2D eigenvalue weighted by Gasteiger charge is 2.26. The number of nitrogens with zero attached hydrogens (tertiary/aromatic N) is 1. The van der Waals surface area contributed by atoms with E-state index in [1.807, 2.05) is 30.3 Å². The number of benzene rings is 2. The number of hydrogen-bond donors (Lipinski definition) is 2. The summed E-state index contributed by atoms with van der Waals surface area (Å²) < 4.78 is 24.9. The number of rotatable bonds is 4. The SMILES string of the molecule is CCc1cccc(NC(=O)Nc2ccc3c(c2)CCN3S(C)(=O)=O)c1. The van der Waals surface area contributed by atoms with Crippen LogP contribution in [0.3, 0.4) is 0 Å². The molecule has 2 N–H and O–H groups in total. The molecule has 0 atom stereocenters. The average molecular weight is 359 g/mol. The van der Waals surface area contributed by atoms with Gasteiger partial charge in [0.1, 0.15) is 0 Å². The summed E-state index contributed by atoms with van der Waals surface area (Å²) in [5, 5.41) is 5.60. The minimum atomic E-state index is -3.27. The van der Waals surface area contributed by atoms with Crippen LogP contribution in [-0.2, 0) is 22.9 Å². The number of carbonyl (C=O) groups excluding carboxylic acids is 1. The molecule has 132 valence electrons. The summed E-state index contributed by atoms with van der Waals surface area (Å²) in [5.41, 5.74) is 4.12. The van der Waals surface area contributed by atoms with Crippen molar-refractivity contribution in [2.75, 3.05) is 27.7 Å². The maximum atomic E-state index is 12.2. The summed E-state index contributed by atoms with van der Waals surface area (Å²) in [7, 11) is -3.27. The van der Waals surface area contributed by atoms with Crippen molar-refractivity contribution in [1.82, 2.24) is 0 Å². The zero-order chi connectivity index (χ0) is 18.0. The smallest absolute Gasteiger partial charge is 0.308 e. The number of sulfonamides is 1. The van der Waals surface area contributed by atoms with Gasteiger partial charge in [0.15, 0.2) is 0 Å². The fourth-order valence-electron chi connectivity index (χ4n) is 2.96. The molecule has 0 aromatic heterocycles. The van der Waals surface area contributed by atoms with E-state index in [4.69, 9.17) is 0 Å². The van der Waals surface area contributed by atoms with E-state index in [9.17, 15) is 13.2 Å². The highest BCUT2D eigenvalue weighted by Crippen LogP contribution is 2.32. The van der Waals surface area contributed by atoms with Crippen molar-refractivity contribution in [3.05, 3.63) is 53.6 Å². The third kappa shape index (κ3) is 3.93. The molecule has 0 unspecified atom stereocenters. The molecule has 2 aromatic rings. The van der Waals surface area contributed by atoms with E-state index in [2.05, 4.69) is 17.6 Å². The lowest BCUT2D eigenvalue weighted by Crippen LogP contribution is -2.27. The number of anilines is 3. The van der Waals surface area contributed by atoms with E-state index in [1.165, 1.54) is 10.6 Å². The monoisotopic (exact) mass is 359 g/mol. The lowest BCUT2D eigenvalue weighted by Gasteiger charge is -2.16. The van der Waals surface area contributed by atoms with Gasteiger partial charge in [-0.3, -0.25) is 4.31 Å². The molecular weight excluding hydrogens is 338 g/mol. The van der Waals surface area contributed by atoms with Crippen LogP contribution in [-0.4, -0.2) is 27.2 Å². The van der Waals surface area contributed by atoms with Gasteiger partial charge in [0.2, 0.25) is 10.0 Å². The van der Waals surface area contributed by atoms with Gasteiger partial charge in [0, 0.05) is 17.9 Å². The Morgan fingerprint density at radius 2 is 1.84 bits per heavy atom. The first-order valence-corrected chi connectivity index (χ1v) is 9.99. The van der Waals surface area contributed by atoms with Crippen LogP contribution in [0, 0.1) is 0 Å². The summed E-state index contributed by atoms with van der Waals surface area (Å²) in [6.45, 7) is 2.50. The summed E-state index contributed by atoms with van der Waals surface area (Å²) in [4.78, 5) is 12.2. The molecule has 3 rings (SSSR count). The van der Waals surface area contributed by atoms with E-state index in [0.29, 0.717) is 24.3 Å². The zero-order valence-corrected chi connectivity index (χ0v) is 15.1. The molecule has 0 saturated carbocycles. The molecule has 0 spiro atoms. The highest BCUT2D eigenvalue weighted by atomic mass is 32.2. The Morgan fingerprint density at radius 1 is 1.12 bits per heavy atom. The van der Waals surface area contributed by atoms with Crippen LogP contribution in [0.4, 0.5) is 21.9 Å². The van der Waals surface area contributed by atoms with Crippen LogP contribution in [0.25, 0.3) is 0 Å². The van der Waals surface area contributed by atoms with Crippen molar-refractivity contribution >= 4 is 33.1 Å². The molecule has 2 amide bonds. The van der Waals surface area contributed by atoms with Crippen molar-refractivity contribution < 1.29 is 13.2 Å². The van der Waals surface area contributed by atoms with Crippen molar-refractivity contribution in [3.63, 3.8) is 0 Å². The minimum Gasteiger partial charge on any atom is -0.308 e.